The third-order valence-corrected chi connectivity index (χ3v) is 3.72. The Balaban J connectivity index is 2.17. The summed E-state index contributed by atoms with van der Waals surface area (Å²) in [4.78, 5) is 11.7. The molecule has 0 N–H and O–H groups in total. The molecule has 3 nitrogen and oxygen atoms in total. The second-order valence-electron chi connectivity index (χ2n) is 5.46. The number of carbonyl (C=O) groups is 1. The van der Waals surface area contributed by atoms with Gasteiger partial charge in [-0.05, 0) is 39.0 Å². The smallest absolute Gasteiger partial charge is 0.306 e. The summed E-state index contributed by atoms with van der Waals surface area (Å²) in [5.41, 5.74) is 0. The maximum atomic E-state index is 11.7. The molecule has 0 saturated heterocycles. The molecule has 0 amide bonds. The second kappa shape index (κ2) is 11.3. The summed E-state index contributed by atoms with van der Waals surface area (Å²) in [5, 5.41) is 0. The van der Waals surface area contributed by atoms with Gasteiger partial charge in [-0.3, -0.25) is 4.79 Å². The molecule has 0 spiro atoms. The van der Waals surface area contributed by atoms with E-state index in [1.54, 1.807) is 0 Å². The highest BCUT2D eigenvalue weighted by molar-refractivity contribution is 5.69. The Bertz CT molecular complexity index is 218. The molecule has 0 bridgehead atoms. The van der Waals surface area contributed by atoms with Gasteiger partial charge in [-0.2, -0.15) is 0 Å². The summed E-state index contributed by atoms with van der Waals surface area (Å²) in [6.45, 7) is 3.35. The van der Waals surface area contributed by atoms with E-state index in [4.69, 9.17) is 9.47 Å². The van der Waals surface area contributed by atoms with E-state index < -0.39 is 0 Å². The van der Waals surface area contributed by atoms with Gasteiger partial charge < -0.3 is 9.47 Å². The molecule has 0 aliphatic heterocycles. The molecule has 0 radical (unpaired) electrons. The van der Waals surface area contributed by atoms with E-state index in [0.29, 0.717) is 13.0 Å². The van der Waals surface area contributed by atoms with Crippen LogP contribution in [0.25, 0.3) is 0 Å². The van der Waals surface area contributed by atoms with Crippen molar-refractivity contribution in [3.8, 4) is 0 Å². The lowest BCUT2D eigenvalue weighted by Crippen LogP contribution is -2.19. The second-order valence-corrected chi connectivity index (χ2v) is 5.46. The van der Waals surface area contributed by atoms with Crippen molar-refractivity contribution in [2.75, 3.05) is 13.2 Å². The van der Waals surface area contributed by atoms with E-state index >= 15 is 0 Å². The standard InChI is InChI=1S/C16H30O3/c1-2-18-14-10-13-16(17)19-15-11-8-6-4-3-5-7-9-12-15/h15H,2-14H2,1H3. The van der Waals surface area contributed by atoms with Crippen LogP contribution in [-0.2, 0) is 14.3 Å². The summed E-state index contributed by atoms with van der Waals surface area (Å²) >= 11 is 0. The van der Waals surface area contributed by atoms with Gasteiger partial charge in [0.15, 0.2) is 0 Å². The molecule has 0 aromatic heterocycles. The summed E-state index contributed by atoms with van der Waals surface area (Å²) in [5.74, 6) is -0.0400. The van der Waals surface area contributed by atoms with E-state index in [1.165, 1.54) is 44.9 Å². The lowest BCUT2D eigenvalue weighted by atomic mass is 9.99. The molecule has 0 aromatic rings. The van der Waals surface area contributed by atoms with Crippen molar-refractivity contribution in [2.24, 2.45) is 0 Å². The van der Waals surface area contributed by atoms with Gasteiger partial charge in [-0.1, -0.05) is 32.1 Å². The maximum Gasteiger partial charge on any atom is 0.306 e. The monoisotopic (exact) mass is 270 g/mol. The Morgan fingerprint density at radius 2 is 1.58 bits per heavy atom. The van der Waals surface area contributed by atoms with Crippen molar-refractivity contribution >= 4 is 5.97 Å². The lowest BCUT2D eigenvalue weighted by molar-refractivity contribution is -0.150. The van der Waals surface area contributed by atoms with Crippen LogP contribution >= 0.6 is 0 Å². The lowest BCUT2D eigenvalue weighted by Gasteiger charge is -2.19. The third kappa shape index (κ3) is 9.04. The Morgan fingerprint density at radius 1 is 1.00 bits per heavy atom. The highest BCUT2D eigenvalue weighted by Crippen LogP contribution is 2.19. The van der Waals surface area contributed by atoms with Crippen LogP contribution in [0.5, 0.6) is 0 Å². The number of esters is 1. The minimum Gasteiger partial charge on any atom is -0.462 e. The number of ether oxygens (including phenoxy) is 2. The maximum absolute atomic E-state index is 11.7. The molecule has 1 fully saturated rings. The van der Waals surface area contributed by atoms with Gasteiger partial charge in [0.05, 0.1) is 0 Å². The molecule has 1 saturated carbocycles. The molecule has 1 rings (SSSR count). The molecule has 3 heteroatoms. The largest absolute Gasteiger partial charge is 0.462 e. The van der Waals surface area contributed by atoms with Crippen LogP contribution in [0.15, 0.2) is 0 Å². The zero-order valence-electron chi connectivity index (χ0n) is 12.5. The number of carbonyl (C=O) groups excluding carboxylic acids is 1. The molecular formula is C16H30O3. The van der Waals surface area contributed by atoms with Crippen LogP contribution in [0.4, 0.5) is 0 Å². The molecule has 1 aliphatic carbocycles. The summed E-state index contributed by atoms with van der Waals surface area (Å²) in [6, 6.07) is 0. The van der Waals surface area contributed by atoms with Crippen LogP contribution < -0.4 is 0 Å². The van der Waals surface area contributed by atoms with Crippen molar-refractivity contribution < 1.29 is 14.3 Å². The Hall–Kier alpha value is -0.570. The Labute approximate surface area is 118 Å². The van der Waals surface area contributed by atoms with Crippen LogP contribution in [0.2, 0.25) is 0 Å². The average Bonchev–Trinajstić information content (AvgIpc) is 2.42. The SMILES string of the molecule is CCOCCCC(=O)OC1CCCCCCCCC1. The molecule has 19 heavy (non-hydrogen) atoms. The summed E-state index contributed by atoms with van der Waals surface area (Å²) in [7, 11) is 0. The predicted octanol–water partition coefficient (Wildman–Crippen LogP) is 4.24. The van der Waals surface area contributed by atoms with Gasteiger partial charge in [0.1, 0.15) is 6.10 Å². The predicted molar refractivity (Wildman–Crippen MR) is 77.2 cm³/mol. The van der Waals surface area contributed by atoms with Gasteiger partial charge >= 0.3 is 5.97 Å². The Kier molecular flexibility index (Phi) is 9.78. The highest BCUT2D eigenvalue weighted by Gasteiger charge is 2.14. The fourth-order valence-electron chi connectivity index (χ4n) is 2.60. The summed E-state index contributed by atoms with van der Waals surface area (Å²) < 4.78 is 10.8. The van der Waals surface area contributed by atoms with E-state index in [1.807, 2.05) is 6.92 Å². The topological polar surface area (TPSA) is 35.5 Å². The quantitative estimate of drug-likeness (QED) is 0.535. The van der Waals surface area contributed by atoms with E-state index in [0.717, 1.165) is 25.9 Å². The van der Waals surface area contributed by atoms with E-state index in [2.05, 4.69) is 0 Å². The molecule has 0 heterocycles. The van der Waals surface area contributed by atoms with Crippen molar-refractivity contribution in [1.29, 1.82) is 0 Å². The number of rotatable bonds is 6. The van der Waals surface area contributed by atoms with E-state index in [9.17, 15) is 4.79 Å². The van der Waals surface area contributed by atoms with Crippen molar-refractivity contribution in [3.05, 3.63) is 0 Å². The molecule has 0 unspecified atom stereocenters. The first kappa shape index (κ1) is 16.5. The molecule has 0 atom stereocenters. The van der Waals surface area contributed by atoms with Gasteiger partial charge in [-0.15, -0.1) is 0 Å². The number of hydrogen-bond acceptors (Lipinski definition) is 3. The third-order valence-electron chi connectivity index (χ3n) is 3.72. The van der Waals surface area contributed by atoms with Crippen molar-refractivity contribution in [1.82, 2.24) is 0 Å². The first-order chi connectivity index (χ1) is 9.33. The van der Waals surface area contributed by atoms with Crippen molar-refractivity contribution in [2.45, 2.75) is 83.7 Å². The average molecular weight is 270 g/mol. The molecule has 0 aromatic carbocycles. The molecule has 112 valence electrons. The molecule has 1 aliphatic rings. The van der Waals surface area contributed by atoms with Crippen molar-refractivity contribution in [3.63, 3.8) is 0 Å². The van der Waals surface area contributed by atoms with Gasteiger partial charge in [-0.25, -0.2) is 0 Å². The van der Waals surface area contributed by atoms with E-state index in [-0.39, 0.29) is 12.1 Å². The normalized spacial score (nSPS) is 19.0. The van der Waals surface area contributed by atoms with Gasteiger partial charge in [0.25, 0.3) is 0 Å². The fourth-order valence-corrected chi connectivity index (χ4v) is 2.60. The van der Waals surface area contributed by atoms with Crippen LogP contribution in [-0.4, -0.2) is 25.3 Å². The highest BCUT2D eigenvalue weighted by atomic mass is 16.5. The number of hydrogen-bond donors (Lipinski definition) is 0. The first-order valence-electron chi connectivity index (χ1n) is 8.10. The van der Waals surface area contributed by atoms with Crippen LogP contribution in [0.1, 0.15) is 77.6 Å². The first-order valence-corrected chi connectivity index (χ1v) is 8.10. The van der Waals surface area contributed by atoms with Crippen LogP contribution in [0.3, 0.4) is 0 Å². The Morgan fingerprint density at radius 3 is 2.16 bits per heavy atom. The zero-order valence-corrected chi connectivity index (χ0v) is 12.5. The zero-order chi connectivity index (χ0) is 13.8. The molecular weight excluding hydrogens is 240 g/mol. The van der Waals surface area contributed by atoms with Gasteiger partial charge in [0, 0.05) is 19.6 Å². The minimum atomic E-state index is -0.0400. The van der Waals surface area contributed by atoms with Gasteiger partial charge in [0.2, 0.25) is 0 Å². The summed E-state index contributed by atoms with van der Waals surface area (Å²) in [6.07, 6.45) is 12.6. The minimum absolute atomic E-state index is 0.0400. The fraction of sp³-hybridized carbons (Fsp3) is 0.938. The van der Waals surface area contributed by atoms with Crippen LogP contribution in [0, 0.1) is 0 Å².